The number of ether oxygens (including phenoxy) is 1. The highest BCUT2D eigenvalue weighted by molar-refractivity contribution is 5.42. The second-order valence-corrected chi connectivity index (χ2v) is 9.59. The van der Waals surface area contributed by atoms with E-state index < -0.39 is 48.0 Å². The van der Waals surface area contributed by atoms with Gasteiger partial charge in [-0.2, -0.15) is 26.3 Å². The highest BCUT2D eigenvalue weighted by atomic mass is 19.4. The number of hydrogen-bond acceptors (Lipinski definition) is 3. The molecule has 0 amide bonds. The van der Waals surface area contributed by atoms with E-state index in [4.69, 9.17) is 4.74 Å². The number of halogens is 7. The zero-order valence-corrected chi connectivity index (χ0v) is 20.2. The first-order valence-corrected chi connectivity index (χ1v) is 11.3. The average Bonchev–Trinajstić information content (AvgIpc) is 2.78. The first-order chi connectivity index (χ1) is 17.1. The van der Waals surface area contributed by atoms with E-state index in [2.05, 4.69) is 5.32 Å². The molecule has 0 radical (unpaired) electrons. The Hall–Kier alpha value is -3.11. The molecule has 0 bridgehead atoms. The Labute approximate surface area is 209 Å². The molecule has 0 aliphatic heterocycles. The van der Waals surface area contributed by atoms with Crippen molar-refractivity contribution >= 4 is 0 Å². The van der Waals surface area contributed by atoms with Gasteiger partial charge in [0.25, 0.3) is 0 Å². The van der Waals surface area contributed by atoms with Crippen molar-refractivity contribution in [2.24, 2.45) is 0 Å². The number of aliphatic hydroxyl groups excluding tert-OH is 1. The number of hydrogen-bond donors (Lipinski definition) is 2. The fraction of sp³-hybridized carbons (Fsp3) is 0.333. The summed E-state index contributed by atoms with van der Waals surface area (Å²) < 4.78 is 99.2. The van der Waals surface area contributed by atoms with Gasteiger partial charge in [-0.3, -0.25) is 0 Å². The van der Waals surface area contributed by atoms with Crippen molar-refractivity contribution in [2.75, 3.05) is 6.54 Å². The number of nitrogens with one attached hydrogen (secondary N) is 1. The summed E-state index contributed by atoms with van der Waals surface area (Å²) in [7, 11) is 0. The van der Waals surface area contributed by atoms with Crippen LogP contribution in [0.3, 0.4) is 0 Å². The lowest BCUT2D eigenvalue weighted by Crippen LogP contribution is -2.40. The van der Waals surface area contributed by atoms with Crippen LogP contribution in [0.1, 0.15) is 49.1 Å². The van der Waals surface area contributed by atoms with Gasteiger partial charge in [-0.05, 0) is 59.0 Å². The highest BCUT2D eigenvalue weighted by Crippen LogP contribution is 2.35. The lowest BCUT2D eigenvalue weighted by atomic mass is 9.87. The zero-order chi connectivity index (χ0) is 27.6. The number of aliphatic hydroxyl groups is 1. The molecule has 3 aromatic rings. The SMILES string of the molecule is CC(C)(C)c1cccc(Oc2cccc(C(NC[C@@H](O)C(F)(F)F)c3cc(C(F)(F)F)ccc3F)c2)c1. The van der Waals surface area contributed by atoms with Crippen molar-refractivity contribution in [3.05, 3.63) is 94.8 Å². The molecule has 0 aliphatic rings. The Bertz CT molecular complexity index is 1220. The second-order valence-electron chi connectivity index (χ2n) is 9.59. The third-order valence-corrected chi connectivity index (χ3v) is 5.65. The summed E-state index contributed by atoms with van der Waals surface area (Å²) in [6.45, 7) is 4.97. The summed E-state index contributed by atoms with van der Waals surface area (Å²) in [5.41, 5.74) is -0.754. The molecule has 0 saturated carbocycles. The molecule has 3 nitrogen and oxygen atoms in total. The topological polar surface area (TPSA) is 41.5 Å². The van der Waals surface area contributed by atoms with Gasteiger partial charge in [-0.1, -0.05) is 45.0 Å². The molecule has 1 unspecified atom stereocenters. The van der Waals surface area contributed by atoms with E-state index in [0.29, 0.717) is 23.9 Å². The predicted molar refractivity (Wildman–Crippen MR) is 125 cm³/mol. The van der Waals surface area contributed by atoms with Crippen molar-refractivity contribution < 1.29 is 40.6 Å². The number of alkyl halides is 6. The van der Waals surface area contributed by atoms with E-state index in [-0.39, 0.29) is 16.7 Å². The Morgan fingerprint density at radius 1 is 0.811 bits per heavy atom. The van der Waals surface area contributed by atoms with Crippen molar-refractivity contribution in [2.45, 2.75) is 50.7 Å². The van der Waals surface area contributed by atoms with Crippen LogP contribution >= 0.6 is 0 Å². The molecule has 2 N–H and O–H groups in total. The van der Waals surface area contributed by atoms with Crippen molar-refractivity contribution in [1.29, 1.82) is 0 Å². The van der Waals surface area contributed by atoms with E-state index in [1.807, 2.05) is 32.9 Å². The van der Waals surface area contributed by atoms with Crippen LogP contribution < -0.4 is 10.1 Å². The van der Waals surface area contributed by atoms with Gasteiger partial charge in [-0.25, -0.2) is 4.39 Å². The van der Waals surface area contributed by atoms with Crippen LogP contribution in [0.4, 0.5) is 30.7 Å². The summed E-state index contributed by atoms with van der Waals surface area (Å²) in [4.78, 5) is 0. The minimum absolute atomic E-state index is 0.136. The van der Waals surface area contributed by atoms with Crippen LogP contribution in [0.15, 0.2) is 66.7 Å². The zero-order valence-electron chi connectivity index (χ0n) is 20.2. The normalized spacial score (nSPS) is 14.4. The minimum atomic E-state index is -4.98. The van der Waals surface area contributed by atoms with Gasteiger partial charge in [0, 0.05) is 12.1 Å². The van der Waals surface area contributed by atoms with Crippen LogP contribution in [0.5, 0.6) is 11.5 Å². The summed E-state index contributed by atoms with van der Waals surface area (Å²) in [6.07, 6.45) is -12.6. The molecule has 3 rings (SSSR count). The summed E-state index contributed by atoms with van der Waals surface area (Å²) >= 11 is 0. The molecule has 37 heavy (non-hydrogen) atoms. The highest BCUT2D eigenvalue weighted by Gasteiger charge is 2.39. The molecule has 0 aliphatic carbocycles. The molecular formula is C27H26F7NO2. The quantitative estimate of drug-likeness (QED) is 0.311. The van der Waals surface area contributed by atoms with Gasteiger partial charge in [0.15, 0.2) is 6.10 Å². The van der Waals surface area contributed by atoms with Crippen LogP contribution in [0.2, 0.25) is 0 Å². The van der Waals surface area contributed by atoms with Crippen LogP contribution in [-0.2, 0) is 11.6 Å². The Morgan fingerprint density at radius 2 is 1.43 bits per heavy atom. The average molecular weight is 529 g/mol. The molecular weight excluding hydrogens is 503 g/mol. The molecule has 0 heterocycles. The van der Waals surface area contributed by atoms with E-state index in [1.54, 1.807) is 18.2 Å². The van der Waals surface area contributed by atoms with Gasteiger partial charge in [0.2, 0.25) is 0 Å². The lowest BCUT2D eigenvalue weighted by Gasteiger charge is -2.24. The number of benzene rings is 3. The Kier molecular flexibility index (Phi) is 8.24. The summed E-state index contributed by atoms with van der Waals surface area (Å²) in [5.74, 6) is -0.359. The Balaban J connectivity index is 2.01. The molecule has 2 atom stereocenters. The first-order valence-electron chi connectivity index (χ1n) is 11.3. The Morgan fingerprint density at radius 3 is 2.03 bits per heavy atom. The van der Waals surface area contributed by atoms with Gasteiger partial charge in [0.05, 0.1) is 11.6 Å². The first kappa shape index (κ1) is 28.5. The number of rotatable bonds is 7. The molecule has 3 aromatic carbocycles. The molecule has 200 valence electrons. The molecule has 0 aromatic heterocycles. The van der Waals surface area contributed by atoms with Crippen LogP contribution in [0, 0.1) is 5.82 Å². The largest absolute Gasteiger partial charge is 0.457 e. The third-order valence-electron chi connectivity index (χ3n) is 5.65. The maximum atomic E-state index is 14.7. The molecule has 10 heteroatoms. The minimum Gasteiger partial charge on any atom is -0.457 e. The van der Waals surface area contributed by atoms with E-state index in [0.717, 1.165) is 5.56 Å². The molecule has 0 fully saturated rings. The third kappa shape index (κ3) is 7.45. The smallest absolute Gasteiger partial charge is 0.416 e. The fourth-order valence-corrected chi connectivity index (χ4v) is 3.61. The standard InChI is InChI=1S/C27H26F7NO2/c1-25(2,3)17-7-5-9-20(13-17)37-19-8-4-6-16(12-19)24(35-15-23(36)27(32,33)34)21-14-18(26(29,30)31)10-11-22(21)28/h4-14,23-24,35-36H,15H2,1-3H3/t23-,24?/m1/s1. The van der Waals surface area contributed by atoms with Crippen molar-refractivity contribution in [3.8, 4) is 11.5 Å². The van der Waals surface area contributed by atoms with Crippen molar-refractivity contribution in [3.63, 3.8) is 0 Å². The van der Waals surface area contributed by atoms with Crippen LogP contribution in [-0.4, -0.2) is 23.9 Å². The molecule has 0 spiro atoms. The molecule has 0 saturated heterocycles. The fourth-order valence-electron chi connectivity index (χ4n) is 3.61. The maximum absolute atomic E-state index is 14.7. The maximum Gasteiger partial charge on any atom is 0.416 e. The van der Waals surface area contributed by atoms with E-state index in [9.17, 15) is 35.8 Å². The predicted octanol–water partition coefficient (Wildman–Crippen LogP) is 7.54. The summed E-state index contributed by atoms with van der Waals surface area (Å²) in [6, 6.07) is 13.3. The van der Waals surface area contributed by atoms with Gasteiger partial charge in [-0.15, -0.1) is 0 Å². The van der Waals surface area contributed by atoms with Gasteiger partial charge < -0.3 is 15.2 Å². The van der Waals surface area contributed by atoms with Crippen LogP contribution in [0.25, 0.3) is 0 Å². The van der Waals surface area contributed by atoms with E-state index >= 15 is 0 Å². The van der Waals surface area contributed by atoms with Gasteiger partial charge in [0.1, 0.15) is 17.3 Å². The van der Waals surface area contributed by atoms with Crippen molar-refractivity contribution in [1.82, 2.24) is 5.32 Å². The second kappa shape index (κ2) is 10.7. The monoisotopic (exact) mass is 529 g/mol. The van der Waals surface area contributed by atoms with E-state index in [1.165, 1.54) is 18.2 Å². The summed E-state index contributed by atoms with van der Waals surface area (Å²) in [5, 5.41) is 11.8. The lowest BCUT2D eigenvalue weighted by molar-refractivity contribution is -0.202. The van der Waals surface area contributed by atoms with Gasteiger partial charge >= 0.3 is 12.4 Å².